The predicted octanol–water partition coefficient (Wildman–Crippen LogP) is 2.51. The molecule has 0 spiro atoms. The Balaban J connectivity index is 1.49. The Morgan fingerprint density at radius 3 is 2.44 bits per heavy atom. The highest BCUT2D eigenvalue weighted by molar-refractivity contribution is 6.30. The van der Waals surface area contributed by atoms with Gasteiger partial charge in [0.25, 0.3) is 5.91 Å². The van der Waals surface area contributed by atoms with Crippen LogP contribution in [0.25, 0.3) is 0 Å². The van der Waals surface area contributed by atoms with Crippen LogP contribution in [0.4, 0.5) is 4.79 Å². The molecule has 1 saturated heterocycles. The highest BCUT2D eigenvalue weighted by Crippen LogP contribution is 2.13. The zero-order valence-corrected chi connectivity index (χ0v) is 15.4. The number of nitrogens with zero attached hydrogens (tertiary/aromatic N) is 1. The highest BCUT2D eigenvalue weighted by Gasteiger charge is 2.38. The van der Waals surface area contributed by atoms with Crippen molar-refractivity contribution in [2.75, 3.05) is 6.54 Å². The summed E-state index contributed by atoms with van der Waals surface area (Å²) in [6, 6.07) is 15.7. The van der Waals surface area contributed by atoms with E-state index < -0.39 is 18.0 Å². The fourth-order valence-electron chi connectivity index (χ4n) is 2.88. The van der Waals surface area contributed by atoms with E-state index in [9.17, 15) is 14.4 Å². The van der Waals surface area contributed by atoms with Crippen LogP contribution < -0.4 is 10.6 Å². The number of hydrogen-bond acceptors (Lipinski definition) is 3. The average molecular weight is 386 g/mol. The third-order valence-corrected chi connectivity index (χ3v) is 4.63. The summed E-state index contributed by atoms with van der Waals surface area (Å²) >= 11 is 5.82. The van der Waals surface area contributed by atoms with Crippen molar-refractivity contribution >= 4 is 29.4 Å². The minimum atomic E-state index is -0.596. The molecule has 0 radical (unpaired) electrons. The summed E-state index contributed by atoms with van der Waals surface area (Å²) in [4.78, 5) is 37.6. The standard InChI is InChI=1S/C20H20ClN3O3/c21-16-9-6-15(7-10-16)12-22-18(25)13-24-19(26)17(23-20(24)27)11-8-14-4-2-1-3-5-14/h1-7,9-10,17H,8,11-13H2,(H,22,25)(H,23,27). The zero-order valence-electron chi connectivity index (χ0n) is 14.7. The lowest BCUT2D eigenvalue weighted by Gasteiger charge is -2.13. The summed E-state index contributed by atoms with van der Waals surface area (Å²) in [6.45, 7) is 0.0111. The Morgan fingerprint density at radius 1 is 1.04 bits per heavy atom. The number of imide groups is 1. The fourth-order valence-corrected chi connectivity index (χ4v) is 3.01. The van der Waals surface area contributed by atoms with Gasteiger partial charge < -0.3 is 10.6 Å². The number of rotatable bonds is 7. The van der Waals surface area contributed by atoms with Crippen molar-refractivity contribution in [2.24, 2.45) is 0 Å². The molecule has 4 amide bonds. The first kappa shape index (κ1) is 18.9. The molecule has 2 N–H and O–H groups in total. The van der Waals surface area contributed by atoms with E-state index in [0.717, 1.165) is 16.0 Å². The Bertz CT molecular complexity index is 824. The molecule has 1 aliphatic heterocycles. The number of aryl methyl sites for hydroxylation is 1. The molecule has 1 atom stereocenters. The molecule has 2 aromatic rings. The van der Waals surface area contributed by atoms with Crippen molar-refractivity contribution < 1.29 is 14.4 Å². The van der Waals surface area contributed by atoms with Gasteiger partial charge in [-0.25, -0.2) is 4.79 Å². The molecule has 0 saturated carbocycles. The number of halogens is 1. The number of nitrogens with one attached hydrogen (secondary N) is 2. The summed E-state index contributed by atoms with van der Waals surface area (Å²) in [6.07, 6.45) is 1.17. The fraction of sp³-hybridized carbons (Fsp3) is 0.250. The van der Waals surface area contributed by atoms with Crippen LogP contribution in [0.15, 0.2) is 54.6 Å². The first-order chi connectivity index (χ1) is 13.0. The van der Waals surface area contributed by atoms with Gasteiger partial charge in [-0.05, 0) is 36.1 Å². The van der Waals surface area contributed by atoms with E-state index in [-0.39, 0.29) is 12.5 Å². The molecule has 7 heteroatoms. The van der Waals surface area contributed by atoms with Gasteiger partial charge in [-0.1, -0.05) is 54.1 Å². The first-order valence-electron chi connectivity index (χ1n) is 8.70. The smallest absolute Gasteiger partial charge is 0.325 e. The van der Waals surface area contributed by atoms with Gasteiger partial charge in [-0.15, -0.1) is 0 Å². The Morgan fingerprint density at radius 2 is 1.74 bits per heavy atom. The van der Waals surface area contributed by atoms with Gasteiger partial charge in [0.05, 0.1) is 0 Å². The van der Waals surface area contributed by atoms with Crippen LogP contribution in [0.1, 0.15) is 17.5 Å². The summed E-state index contributed by atoms with van der Waals surface area (Å²) < 4.78 is 0. The molecule has 27 heavy (non-hydrogen) atoms. The lowest BCUT2D eigenvalue weighted by atomic mass is 10.1. The molecule has 1 heterocycles. The van der Waals surface area contributed by atoms with Gasteiger partial charge in [-0.3, -0.25) is 14.5 Å². The summed E-state index contributed by atoms with van der Waals surface area (Å²) in [5, 5.41) is 5.97. The van der Waals surface area contributed by atoms with E-state index in [0.29, 0.717) is 24.4 Å². The molecule has 1 unspecified atom stereocenters. The normalized spacial score (nSPS) is 16.3. The zero-order chi connectivity index (χ0) is 19.2. The van der Waals surface area contributed by atoms with Crippen LogP contribution in [0, 0.1) is 0 Å². The summed E-state index contributed by atoms with van der Waals surface area (Å²) in [7, 11) is 0. The minimum absolute atomic E-state index is 0.292. The molecule has 1 fully saturated rings. The third kappa shape index (κ3) is 5.08. The molecule has 2 aromatic carbocycles. The van der Waals surface area contributed by atoms with Gasteiger partial charge in [0.2, 0.25) is 5.91 Å². The molecule has 6 nitrogen and oxygen atoms in total. The van der Waals surface area contributed by atoms with Crippen LogP contribution in [-0.2, 0) is 22.6 Å². The van der Waals surface area contributed by atoms with E-state index in [1.54, 1.807) is 24.3 Å². The third-order valence-electron chi connectivity index (χ3n) is 4.38. The van der Waals surface area contributed by atoms with Crippen molar-refractivity contribution in [1.82, 2.24) is 15.5 Å². The van der Waals surface area contributed by atoms with Gasteiger partial charge in [0.15, 0.2) is 0 Å². The topological polar surface area (TPSA) is 78.5 Å². The van der Waals surface area contributed by atoms with E-state index in [1.165, 1.54) is 0 Å². The second kappa shape index (κ2) is 8.68. The molecule has 0 aromatic heterocycles. The van der Waals surface area contributed by atoms with Crippen LogP contribution in [0.2, 0.25) is 5.02 Å². The van der Waals surface area contributed by atoms with Gasteiger partial charge in [0, 0.05) is 11.6 Å². The Kier molecular flexibility index (Phi) is 6.08. The Labute approximate surface area is 162 Å². The van der Waals surface area contributed by atoms with E-state index >= 15 is 0 Å². The van der Waals surface area contributed by atoms with Crippen LogP contribution in [0.3, 0.4) is 0 Å². The molecular weight excluding hydrogens is 366 g/mol. The number of benzene rings is 2. The second-order valence-electron chi connectivity index (χ2n) is 6.35. The number of carbonyl (C=O) groups excluding carboxylic acids is 3. The maximum Gasteiger partial charge on any atom is 0.325 e. The van der Waals surface area contributed by atoms with Crippen LogP contribution in [-0.4, -0.2) is 35.3 Å². The van der Waals surface area contributed by atoms with Gasteiger partial charge >= 0.3 is 6.03 Å². The molecule has 140 valence electrons. The maximum absolute atomic E-state index is 12.4. The van der Waals surface area contributed by atoms with E-state index in [1.807, 2.05) is 30.3 Å². The molecular formula is C20H20ClN3O3. The SMILES string of the molecule is O=C(CN1C(=O)NC(CCc2ccccc2)C1=O)NCc1ccc(Cl)cc1. The summed E-state index contributed by atoms with van der Waals surface area (Å²) in [5.41, 5.74) is 1.98. The molecule has 0 aliphatic carbocycles. The highest BCUT2D eigenvalue weighted by atomic mass is 35.5. The lowest BCUT2D eigenvalue weighted by Crippen LogP contribution is -2.41. The number of carbonyl (C=O) groups is 3. The van der Waals surface area contributed by atoms with Gasteiger partial charge in [-0.2, -0.15) is 0 Å². The first-order valence-corrected chi connectivity index (χ1v) is 9.07. The van der Waals surface area contributed by atoms with Crippen molar-refractivity contribution in [1.29, 1.82) is 0 Å². The average Bonchev–Trinajstić information content (AvgIpc) is 2.94. The minimum Gasteiger partial charge on any atom is -0.350 e. The number of amides is 4. The van der Waals surface area contributed by atoms with Crippen molar-refractivity contribution in [2.45, 2.75) is 25.4 Å². The van der Waals surface area contributed by atoms with Crippen LogP contribution in [0.5, 0.6) is 0 Å². The van der Waals surface area contributed by atoms with Gasteiger partial charge in [0.1, 0.15) is 12.6 Å². The monoisotopic (exact) mass is 385 g/mol. The number of urea groups is 1. The predicted molar refractivity (Wildman–Crippen MR) is 102 cm³/mol. The Hall–Kier alpha value is -2.86. The van der Waals surface area contributed by atoms with E-state index in [4.69, 9.17) is 11.6 Å². The largest absolute Gasteiger partial charge is 0.350 e. The van der Waals surface area contributed by atoms with E-state index in [2.05, 4.69) is 10.6 Å². The molecule has 3 rings (SSSR count). The second-order valence-corrected chi connectivity index (χ2v) is 6.79. The summed E-state index contributed by atoms with van der Waals surface area (Å²) in [5.74, 6) is -0.755. The lowest BCUT2D eigenvalue weighted by molar-refractivity contribution is -0.132. The maximum atomic E-state index is 12.4. The molecule has 1 aliphatic rings. The van der Waals surface area contributed by atoms with Crippen molar-refractivity contribution in [3.05, 3.63) is 70.7 Å². The quantitative estimate of drug-likeness (QED) is 0.719. The number of hydrogen-bond donors (Lipinski definition) is 2. The van der Waals surface area contributed by atoms with Crippen molar-refractivity contribution in [3.8, 4) is 0 Å². The van der Waals surface area contributed by atoms with Crippen molar-refractivity contribution in [3.63, 3.8) is 0 Å². The molecule has 0 bridgehead atoms. The van der Waals surface area contributed by atoms with Crippen LogP contribution >= 0.6 is 11.6 Å².